The number of nitrogens with two attached hydrogens (primary N) is 1. The van der Waals surface area contributed by atoms with Crippen molar-refractivity contribution in [3.8, 4) is 0 Å². The number of unbranched alkanes of at least 4 members (excludes halogenated alkanes) is 3. The summed E-state index contributed by atoms with van der Waals surface area (Å²) in [6, 6.07) is 0. The fraction of sp³-hybridized carbons (Fsp3) is 0.958. The topological polar surface area (TPSA) is 64.8 Å². The minimum atomic E-state index is -2.27. The first-order chi connectivity index (χ1) is 14.1. The van der Waals surface area contributed by atoms with Crippen molar-refractivity contribution in [3.05, 3.63) is 0 Å². The van der Waals surface area contributed by atoms with E-state index in [4.69, 9.17) is 15.2 Å². The molecule has 2 N–H and O–H groups in total. The summed E-state index contributed by atoms with van der Waals surface area (Å²) in [6.45, 7) is 14.6. The van der Waals surface area contributed by atoms with Crippen LogP contribution in [-0.2, 0) is 9.47 Å². The van der Waals surface area contributed by atoms with Crippen molar-refractivity contribution in [1.82, 2.24) is 4.90 Å². The average molecular weight is 533 g/mol. The molecule has 0 unspecified atom stereocenters. The summed E-state index contributed by atoms with van der Waals surface area (Å²) in [4.78, 5) is 14.1. The van der Waals surface area contributed by atoms with Crippen LogP contribution in [0.1, 0.15) is 92.9 Å². The predicted molar refractivity (Wildman–Crippen MR) is 130 cm³/mol. The standard InChI is InChI=1S/C12H23N2O3.3C4H9.Sn/c1-11(2,3)17-10(15)14-7-5-12(13,6-8-14)9-16-4;3*1-3-4-2;/h4-9,13H2,1-3H3;3*1,3-4H2,2H3;. The van der Waals surface area contributed by atoms with E-state index >= 15 is 0 Å². The zero-order chi connectivity index (χ0) is 22.7. The van der Waals surface area contributed by atoms with Crippen LogP contribution in [0.15, 0.2) is 0 Å². The van der Waals surface area contributed by atoms with Gasteiger partial charge in [-0.1, -0.05) is 0 Å². The second-order valence-electron chi connectivity index (χ2n) is 10.6. The Morgan fingerprint density at radius 3 is 1.83 bits per heavy atom. The van der Waals surface area contributed by atoms with E-state index in [1.165, 1.54) is 51.8 Å². The molecule has 1 aliphatic rings. The van der Waals surface area contributed by atoms with Crippen LogP contribution >= 0.6 is 0 Å². The quantitative estimate of drug-likeness (QED) is 0.290. The maximum atomic E-state index is 12.3. The third kappa shape index (κ3) is 10.5. The summed E-state index contributed by atoms with van der Waals surface area (Å²) in [5, 5.41) is 0. The number of rotatable bonds is 13. The van der Waals surface area contributed by atoms with Gasteiger partial charge in [0.15, 0.2) is 0 Å². The normalized spacial score (nSPS) is 17.2. The Kier molecular flexibility index (Phi) is 12.6. The Morgan fingerprint density at radius 2 is 1.43 bits per heavy atom. The van der Waals surface area contributed by atoms with Gasteiger partial charge in [0.25, 0.3) is 0 Å². The molecule has 6 heteroatoms. The zero-order valence-electron chi connectivity index (χ0n) is 20.9. The first-order valence-electron chi connectivity index (χ1n) is 12.4. The molecule has 1 fully saturated rings. The van der Waals surface area contributed by atoms with Crippen LogP contribution < -0.4 is 5.73 Å². The molecule has 30 heavy (non-hydrogen) atoms. The molecule has 0 atom stereocenters. The molecule has 0 aromatic rings. The van der Waals surface area contributed by atoms with Crippen LogP contribution in [-0.4, -0.2) is 64.8 Å². The summed E-state index contributed by atoms with van der Waals surface area (Å²) >= 11 is -2.27. The molecule has 178 valence electrons. The Bertz CT molecular complexity index is 464. The molecular weight excluding hydrogens is 483 g/mol. The minimum absolute atomic E-state index is 0.223. The van der Waals surface area contributed by atoms with E-state index < -0.39 is 24.0 Å². The fourth-order valence-corrected chi connectivity index (χ4v) is 18.7. The summed E-state index contributed by atoms with van der Waals surface area (Å²) in [5.41, 5.74) is 5.93. The van der Waals surface area contributed by atoms with E-state index in [1.54, 1.807) is 4.90 Å². The fourth-order valence-electron chi connectivity index (χ4n) is 4.32. The predicted octanol–water partition coefficient (Wildman–Crippen LogP) is 6.12. The van der Waals surface area contributed by atoms with E-state index in [0.29, 0.717) is 19.7 Å². The van der Waals surface area contributed by atoms with Gasteiger partial charge in [0.05, 0.1) is 0 Å². The van der Waals surface area contributed by atoms with Gasteiger partial charge in [-0.2, -0.15) is 0 Å². The zero-order valence-corrected chi connectivity index (χ0v) is 23.7. The molecular formula is C24H50N2O3Sn. The molecule has 0 radical (unpaired) electrons. The van der Waals surface area contributed by atoms with Gasteiger partial charge in [-0.05, 0) is 0 Å². The first-order valence-corrected chi connectivity index (χ1v) is 20.5. The molecule has 5 nitrogen and oxygen atoms in total. The Balaban J connectivity index is 2.59. The Morgan fingerprint density at radius 1 is 0.967 bits per heavy atom. The van der Waals surface area contributed by atoms with Gasteiger partial charge in [-0.3, -0.25) is 0 Å². The van der Waals surface area contributed by atoms with Crippen molar-refractivity contribution >= 4 is 24.5 Å². The molecule has 1 aliphatic heterocycles. The van der Waals surface area contributed by atoms with Crippen molar-refractivity contribution in [2.24, 2.45) is 5.73 Å². The molecule has 0 bridgehead atoms. The summed E-state index contributed by atoms with van der Waals surface area (Å²) in [7, 11) is 0. The molecule has 0 saturated carbocycles. The summed E-state index contributed by atoms with van der Waals surface area (Å²) in [5.74, 6) is 0. The van der Waals surface area contributed by atoms with Crippen LogP contribution in [0.25, 0.3) is 0 Å². The van der Waals surface area contributed by atoms with E-state index in [2.05, 4.69) is 20.8 Å². The number of amides is 1. The molecule has 1 saturated heterocycles. The molecule has 0 aromatic carbocycles. The van der Waals surface area contributed by atoms with Crippen molar-refractivity contribution in [1.29, 1.82) is 0 Å². The first kappa shape index (κ1) is 28.0. The van der Waals surface area contributed by atoms with E-state index in [0.717, 1.165) is 17.5 Å². The molecule has 0 aromatic heterocycles. The van der Waals surface area contributed by atoms with Gasteiger partial charge < -0.3 is 0 Å². The van der Waals surface area contributed by atoms with Crippen molar-refractivity contribution in [2.45, 2.75) is 117 Å². The van der Waals surface area contributed by atoms with Crippen LogP contribution in [0.4, 0.5) is 4.79 Å². The number of hydrogen-bond donors (Lipinski definition) is 1. The van der Waals surface area contributed by atoms with Gasteiger partial charge in [0.2, 0.25) is 0 Å². The van der Waals surface area contributed by atoms with E-state index in [-0.39, 0.29) is 11.6 Å². The molecule has 0 spiro atoms. The van der Waals surface area contributed by atoms with Gasteiger partial charge in [-0.15, -0.1) is 0 Å². The van der Waals surface area contributed by atoms with Crippen LogP contribution in [0, 0.1) is 0 Å². The van der Waals surface area contributed by atoms with Gasteiger partial charge in [0, 0.05) is 0 Å². The molecule has 0 aliphatic carbocycles. The third-order valence-corrected chi connectivity index (χ3v) is 20.8. The molecule has 1 heterocycles. The second-order valence-corrected chi connectivity index (χ2v) is 24.3. The third-order valence-electron chi connectivity index (χ3n) is 6.39. The maximum absolute atomic E-state index is 12.3. The monoisotopic (exact) mass is 534 g/mol. The van der Waals surface area contributed by atoms with Crippen LogP contribution in [0.5, 0.6) is 0 Å². The van der Waals surface area contributed by atoms with Gasteiger partial charge in [-0.25, -0.2) is 0 Å². The van der Waals surface area contributed by atoms with E-state index in [1.807, 2.05) is 20.8 Å². The number of piperidine rings is 1. The van der Waals surface area contributed by atoms with Crippen molar-refractivity contribution < 1.29 is 14.3 Å². The number of carbonyl (C=O) groups is 1. The summed E-state index contributed by atoms with van der Waals surface area (Å²) < 4.78 is 17.4. The second kappa shape index (κ2) is 13.5. The van der Waals surface area contributed by atoms with Gasteiger partial charge in [0.1, 0.15) is 0 Å². The number of carbonyl (C=O) groups excluding carboxylic acids is 1. The van der Waals surface area contributed by atoms with Crippen molar-refractivity contribution in [3.63, 3.8) is 0 Å². The number of likely N-dealkylation sites (tertiary alicyclic amines) is 1. The summed E-state index contributed by atoms with van der Waals surface area (Å²) in [6.07, 6.45) is 9.32. The Labute approximate surface area is 190 Å². The Hall–Kier alpha value is -0.0113. The van der Waals surface area contributed by atoms with E-state index in [9.17, 15) is 4.79 Å². The number of ether oxygens (including phenoxy) is 2. The van der Waals surface area contributed by atoms with Gasteiger partial charge >= 0.3 is 191 Å². The van der Waals surface area contributed by atoms with Crippen molar-refractivity contribution in [2.75, 3.05) is 24.3 Å². The molecule has 1 rings (SSSR count). The average Bonchev–Trinajstić information content (AvgIpc) is 2.68. The SMILES string of the molecule is CCC[CH2][Sn]([CH2]CCC)([CH2]CCC)[CH2]OCC1(N)CCN(C(=O)OC(C)(C)C)CC1. The number of hydrogen-bond acceptors (Lipinski definition) is 4. The van der Waals surface area contributed by atoms with Crippen LogP contribution in [0.3, 0.4) is 0 Å². The van der Waals surface area contributed by atoms with Crippen LogP contribution in [0.2, 0.25) is 13.3 Å². The molecule has 1 amide bonds. The number of nitrogens with zero attached hydrogens (tertiary/aromatic N) is 1.